The van der Waals surface area contributed by atoms with E-state index in [0.29, 0.717) is 48.4 Å². The van der Waals surface area contributed by atoms with Gasteiger partial charge in [-0.05, 0) is 6.92 Å². The van der Waals surface area contributed by atoms with Crippen LogP contribution >= 0.6 is 11.3 Å². The molecule has 1 aliphatic rings. The van der Waals surface area contributed by atoms with Gasteiger partial charge >= 0.3 is 0 Å². The molecule has 7 heteroatoms. The predicted octanol–water partition coefficient (Wildman–Crippen LogP) is 1.27. The van der Waals surface area contributed by atoms with Crippen LogP contribution in [0.4, 0.5) is 5.13 Å². The lowest BCUT2D eigenvalue weighted by molar-refractivity contribution is -0.115. The molecule has 1 fully saturated rings. The van der Waals surface area contributed by atoms with Crippen LogP contribution in [0.2, 0.25) is 0 Å². The summed E-state index contributed by atoms with van der Waals surface area (Å²) >= 11 is 1.23. The molecule has 2 rings (SSSR count). The molecule has 2 amide bonds. The van der Waals surface area contributed by atoms with Crippen LogP contribution in [0.1, 0.15) is 28.7 Å². The van der Waals surface area contributed by atoms with E-state index in [0.717, 1.165) is 0 Å². The van der Waals surface area contributed by atoms with Crippen molar-refractivity contribution < 1.29 is 14.3 Å². The Hall–Kier alpha value is -1.47. The van der Waals surface area contributed by atoms with Crippen LogP contribution in [0, 0.1) is 6.92 Å². The first kappa shape index (κ1) is 14.0. The van der Waals surface area contributed by atoms with Crippen molar-refractivity contribution in [2.45, 2.75) is 20.3 Å². The van der Waals surface area contributed by atoms with Gasteiger partial charge in [-0.1, -0.05) is 18.3 Å². The van der Waals surface area contributed by atoms with E-state index < -0.39 is 0 Å². The molecule has 0 bridgehead atoms. The van der Waals surface area contributed by atoms with E-state index in [4.69, 9.17) is 4.74 Å². The Morgan fingerprint density at radius 1 is 1.42 bits per heavy atom. The molecular weight excluding hydrogens is 266 g/mol. The lowest BCUT2D eigenvalue weighted by Crippen LogP contribution is -2.40. The van der Waals surface area contributed by atoms with Gasteiger partial charge in [0.2, 0.25) is 5.91 Å². The van der Waals surface area contributed by atoms with Crippen molar-refractivity contribution in [1.82, 2.24) is 9.88 Å². The van der Waals surface area contributed by atoms with Crippen molar-refractivity contribution in [3.05, 3.63) is 10.6 Å². The maximum atomic E-state index is 12.3. The number of thiazole rings is 1. The van der Waals surface area contributed by atoms with Gasteiger partial charge in [-0.15, -0.1) is 0 Å². The molecule has 1 aromatic rings. The summed E-state index contributed by atoms with van der Waals surface area (Å²) < 4.78 is 5.23. The Morgan fingerprint density at radius 3 is 2.74 bits per heavy atom. The second kappa shape index (κ2) is 6.12. The van der Waals surface area contributed by atoms with Crippen LogP contribution in [0.25, 0.3) is 0 Å². The third kappa shape index (κ3) is 3.30. The van der Waals surface area contributed by atoms with Crippen molar-refractivity contribution in [1.29, 1.82) is 0 Å². The fourth-order valence-electron chi connectivity index (χ4n) is 1.77. The average molecular weight is 283 g/mol. The standard InChI is InChI=1S/C12H17N3O3S/c1-3-9(16)14-12-13-8(2)10(19-12)11(17)15-4-6-18-7-5-15/h3-7H2,1-2H3,(H,13,14,16). The number of nitrogens with zero attached hydrogens (tertiary/aromatic N) is 2. The van der Waals surface area contributed by atoms with Crippen molar-refractivity contribution in [3.63, 3.8) is 0 Å². The summed E-state index contributed by atoms with van der Waals surface area (Å²) in [5.74, 6) is -0.130. The van der Waals surface area contributed by atoms with Gasteiger partial charge in [-0.2, -0.15) is 0 Å². The van der Waals surface area contributed by atoms with Gasteiger partial charge in [-0.25, -0.2) is 4.98 Å². The highest BCUT2D eigenvalue weighted by Gasteiger charge is 2.23. The van der Waals surface area contributed by atoms with Gasteiger partial charge in [0.05, 0.1) is 18.9 Å². The molecule has 1 saturated heterocycles. The Kier molecular flexibility index (Phi) is 4.49. The SMILES string of the molecule is CCC(=O)Nc1nc(C)c(C(=O)N2CCOCC2)s1. The Labute approximate surface area is 115 Å². The number of amides is 2. The molecule has 19 heavy (non-hydrogen) atoms. The third-order valence-electron chi connectivity index (χ3n) is 2.86. The summed E-state index contributed by atoms with van der Waals surface area (Å²) in [6.45, 7) is 5.91. The van der Waals surface area contributed by atoms with Gasteiger partial charge in [0.15, 0.2) is 5.13 Å². The highest BCUT2D eigenvalue weighted by atomic mass is 32.1. The Bertz CT molecular complexity index is 481. The molecule has 0 radical (unpaired) electrons. The Morgan fingerprint density at radius 2 is 2.11 bits per heavy atom. The van der Waals surface area contributed by atoms with E-state index in [2.05, 4.69) is 10.3 Å². The molecule has 1 aromatic heterocycles. The lowest BCUT2D eigenvalue weighted by atomic mass is 10.3. The minimum atomic E-state index is -0.0980. The number of morpholine rings is 1. The number of rotatable bonds is 3. The van der Waals surface area contributed by atoms with E-state index in [1.54, 1.807) is 18.7 Å². The molecule has 0 aromatic carbocycles. The largest absolute Gasteiger partial charge is 0.378 e. The van der Waals surface area contributed by atoms with Crippen LogP contribution < -0.4 is 5.32 Å². The van der Waals surface area contributed by atoms with Gasteiger partial charge < -0.3 is 15.0 Å². The minimum absolute atomic E-state index is 0.0321. The lowest BCUT2D eigenvalue weighted by Gasteiger charge is -2.26. The summed E-state index contributed by atoms with van der Waals surface area (Å²) in [5, 5.41) is 3.17. The second-order valence-corrected chi connectivity index (χ2v) is 5.24. The van der Waals surface area contributed by atoms with E-state index >= 15 is 0 Å². The molecule has 0 unspecified atom stereocenters. The second-order valence-electron chi connectivity index (χ2n) is 4.24. The van der Waals surface area contributed by atoms with Crippen LogP contribution in [0.15, 0.2) is 0 Å². The zero-order chi connectivity index (χ0) is 13.8. The molecule has 0 aliphatic carbocycles. The molecule has 6 nitrogen and oxygen atoms in total. The molecule has 1 aliphatic heterocycles. The number of anilines is 1. The van der Waals surface area contributed by atoms with E-state index in [9.17, 15) is 9.59 Å². The van der Waals surface area contributed by atoms with Gasteiger partial charge in [0.1, 0.15) is 4.88 Å². The van der Waals surface area contributed by atoms with Crippen LogP contribution in [0.3, 0.4) is 0 Å². The smallest absolute Gasteiger partial charge is 0.266 e. The number of hydrogen-bond acceptors (Lipinski definition) is 5. The van der Waals surface area contributed by atoms with E-state index in [1.165, 1.54) is 11.3 Å². The number of nitrogens with one attached hydrogen (secondary N) is 1. The summed E-state index contributed by atoms with van der Waals surface area (Å²) in [5.41, 5.74) is 0.660. The molecule has 2 heterocycles. The zero-order valence-corrected chi connectivity index (χ0v) is 11.9. The quantitative estimate of drug-likeness (QED) is 0.907. The molecule has 1 N–H and O–H groups in total. The number of ether oxygens (including phenoxy) is 1. The number of carbonyl (C=O) groups excluding carboxylic acids is 2. The normalized spacial score (nSPS) is 15.4. The molecule has 104 valence electrons. The van der Waals surface area contributed by atoms with Crippen molar-refractivity contribution in [3.8, 4) is 0 Å². The first-order valence-electron chi connectivity index (χ1n) is 6.26. The van der Waals surface area contributed by atoms with Crippen LogP contribution in [-0.4, -0.2) is 48.0 Å². The van der Waals surface area contributed by atoms with E-state index in [1.807, 2.05) is 0 Å². The topological polar surface area (TPSA) is 71.5 Å². The monoisotopic (exact) mass is 283 g/mol. The fraction of sp³-hybridized carbons (Fsp3) is 0.583. The Balaban J connectivity index is 2.11. The number of hydrogen-bond donors (Lipinski definition) is 1. The maximum absolute atomic E-state index is 12.3. The highest BCUT2D eigenvalue weighted by Crippen LogP contribution is 2.24. The minimum Gasteiger partial charge on any atom is -0.378 e. The van der Waals surface area contributed by atoms with Crippen molar-refractivity contribution >= 4 is 28.3 Å². The third-order valence-corrected chi connectivity index (χ3v) is 3.92. The highest BCUT2D eigenvalue weighted by molar-refractivity contribution is 7.17. The van der Waals surface area contributed by atoms with Crippen LogP contribution in [0.5, 0.6) is 0 Å². The maximum Gasteiger partial charge on any atom is 0.266 e. The van der Waals surface area contributed by atoms with Gasteiger partial charge in [0, 0.05) is 19.5 Å². The van der Waals surface area contributed by atoms with Crippen molar-refractivity contribution in [2.75, 3.05) is 31.6 Å². The molecule has 0 atom stereocenters. The van der Waals surface area contributed by atoms with Crippen LogP contribution in [-0.2, 0) is 9.53 Å². The van der Waals surface area contributed by atoms with Gasteiger partial charge in [-0.3, -0.25) is 9.59 Å². The zero-order valence-electron chi connectivity index (χ0n) is 11.1. The number of aromatic nitrogens is 1. The summed E-state index contributed by atoms with van der Waals surface area (Å²) in [6.07, 6.45) is 0.394. The number of aryl methyl sites for hydroxylation is 1. The van der Waals surface area contributed by atoms with Gasteiger partial charge in [0.25, 0.3) is 5.91 Å². The summed E-state index contributed by atoms with van der Waals surface area (Å²) in [4.78, 5) is 30.2. The summed E-state index contributed by atoms with van der Waals surface area (Å²) in [7, 11) is 0. The average Bonchev–Trinajstić information content (AvgIpc) is 2.79. The molecular formula is C12H17N3O3S. The first-order chi connectivity index (χ1) is 9.11. The van der Waals surface area contributed by atoms with E-state index in [-0.39, 0.29) is 11.8 Å². The fourth-order valence-corrected chi connectivity index (χ4v) is 2.72. The summed E-state index contributed by atoms with van der Waals surface area (Å²) in [6, 6.07) is 0. The molecule has 0 spiro atoms. The number of carbonyl (C=O) groups is 2. The first-order valence-corrected chi connectivity index (χ1v) is 7.07. The van der Waals surface area contributed by atoms with Crippen molar-refractivity contribution in [2.24, 2.45) is 0 Å². The molecule has 0 saturated carbocycles. The predicted molar refractivity (Wildman–Crippen MR) is 72.5 cm³/mol.